The molecule has 0 aliphatic heterocycles. The molecule has 1 saturated carbocycles. The molecule has 3 unspecified atom stereocenters. The van der Waals surface area contributed by atoms with Crippen LogP contribution in [0.5, 0.6) is 0 Å². The van der Waals surface area contributed by atoms with Crippen molar-refractivity contribution in [2.45, 2.75) is 74.9 Å². The van der Waals surface area contributed by atoms with E-state index in [0.717, 1.165) is 48.8 Å². The molecule has 2 aromatic carbocycles. The van der Waals surface area contributed by atoms with Crippen LogP contribution in [0.15, 0.2) is 53.4 Å². The van der Waals surface area contributed by atoms with Crippen LogP contribution in [-0.2, 0) is 16.5 Å². The summed E-state index contributed by atoms with van der Waals surface area (Å²) in [5, 5.41) is 30.8. The first-order chi connectivity index (χ1) is 15.7. The lowest BCUT2D eigenvalue weighted by atomic mass is 9.80. The van der Waals surface area contributed by atoms with Gasteiger partial charge < -0.3 is 10.2 Å². The molecule has 33 heavy (non-hydrogen) atoms. The van der Waals surface area contributed by atoms with Crippen LogP contribution in [0.3, 0.4) is 0 Å². The van der Waals surface area contributed by atoms with Crippen LogP contribution in [0.2, 0.25) is 0 Å². The SMILES string of the molecule is CCCCC(O)c1ccc(C2C(CCCc3cccc(S(=O)(=O)O)c3)[C@H](C#N)C[C@H]2O)cc1. The molecule has 0 aromatic heterocycles. The van der Waals surface area contributed by atoms with E-state index in [1.807, 2.05) is 30.3 Å². The molecular weight excluding hydrogens is 438 g/mol. The van der Waals surface area contributed by atoms with Crippen LogP contribution < -0.4 is 0 Å². The van der Waals surface area contributed by atoms with Gasteiger partial charge in [0.15, 0.2) is 0 Å². The summed E-state index contributed by atoms with van der Waals surface area (Å²) in [6, 6.07) is 16.4. The molecule has 0 bridgehead atoms. The topological polar surface area (TPSA) is 119 Å². The summed E-state index contributed by atoms with van der Waals surface area (Å²) >= 11 is 0. The first-order valence-corrected chi connectivity index (χ1v) is 13.1. The van der Waals surface area contributed by atoms with Gasteiger partial charge in [-0.1, -0.05) is 56.2 Å². The Labute approximate surface area is 196 Å². The Hall–Kier alpha value is -2.24. The second kappa shape index (κ2) is 11.3. The van der Waals surface area contributed by atoms with Crippen molar-refractivity contribution in [3.8, 4) is 6.07 Å². The fourth-order valence-corrected chi connectivity index (χ4v) is 5.57. The largest absolute Gasteiger partial charge is 0.392 e. The van der Waals surface area contributed by atoms with E-state index in [1.54, 1.807) is 6.07 Å². The normalized spacial score (nSPS) is 23.8. The summed E-state index contributed by atoms with van der Waals surface area (Å²) in [5.41, 5.74) is 2.65. The van der Waals surface area contributed by atoms with E-state index in [9.17, 15) is 28.4 Å². The number of nitrogens with zero attached hydrogens (tertiary/aromatic N) is 1. The number of nitriles is 1. The number of unbranched alkanes of at least 4 members (excludes halogenated alkanes) is 1. The molecule has 2 aromatic rings. The zero-order chi connectivity index (χ0) is 24.0. The molecule has 3 N–H and O–H groups in total. The summed E-state index contributed by atoms with van der Waals surface area (Å²) in [7, 11) is -4.24. The molecule has 5 atom stereocenters. The maximum Gasteiger partial charge on any atom is 0.294 e. The van der Waals surface area contributed by atoms with Gasteiger partial charge in [0.1, 0.15) is 0 Å². The lowest BCUT2D eigenvalue weighted by Gasteiger charge is -2.24. The van der Waals surface area contributed by atoms with Crippen LogP contribution in [0.25, 0.3) is 0 Å². The van der Waals surface area contributed by atoms with E-state index in [0.29, 0.717) is 12.8 Å². The predicted octanol–water partition coefficient (Wildman–Crippen LogP) is 4.78. The highest BCUT2D eigenvalue weighted by Crippen LogP contribution is 2.46. The van der Waals surface area contributed by atoms with Crippen molar-refractivity contribution in [1.29, 1.82) is 5.26 Å². The molecule has 1 aliphatic rings. The molecule has 0 spiro atoms. The Morgan fingerprint density at radius 2 is 1.88 bits per heavy atom. The molecule has 178 valence electrons. The minimum Gasteiger partial charge on any atom is -0.392 e. The van der Waals surface area contributed by atoms with Gasteiger partial charge >= 0.3 is 0 Å². The molecule has 3 rings (SSSR count). The Morgan fingerprint density at radius 1 is 1.15 bits per heavy atom. The highest BCUT2D eigenvalue weighted by atomic mass is 32.2. The molecule has 0 heterocycles. The molecular formula is C26H33NO5S. The van der Waals surface area contributed by atoms with E-state index in [4.69, 9.17) is 0 Å². The summed E-state index contributed by atoms with van der Waals surface area (Å²) in [4.78, 5) is -0.120. The average Bonchev–Trinajstić information content (AvgIpc) is 3.12. The van der Waals surface area contributed by atoms with E-state index in [-0.39, 0.29) is 22.6 Å². The summed E-state index contributed by atoms with van der Waals surface area (Å²) in [6.07, 6.45) is 4.12. The van der Waals surface area contributed by atoms with Crippen molar-refractivity contribution in [3.63, 3.8) is 0 Å². The van der Waals surface area contributed by atoms with Gasteiger partial charge in [-0.25, -0.2) is 0 Å². The van der Waals surface area contributed by atoms with Gasteiger partial charge in [0.25, 0.3) is 10.1 Å². The lowest BCUT2D eigenvalue weighted by molar-refractivity contribution is 0.152. The highest BCUT2D eigenvalue weighted by Gasteiger charge is 2.42. The third kappa shape index (κ3) is 6.42. The van der Waals surface area contributed by atoms with Crippen LogP contribution in [-0.4, -0.2) is 29.3 Å². The Morgan fingerprint density at radius 3 is 2.52 bits per heavy atom. The Balaban J connectivity index is 1.70. The van der Waals surface area contributed by atoms with Crippen LogP contribution in [0, 0.1) is 23.2 Å². The van der Waals surface area contributed by atoms with Crippen molar-refractivity contribution < 1.29 is 23.2 Å². The molecule has 0 saturated heterocycles. The average molecular weight is 472 g/mol. The second-order valence-electron chi connectivity index (χ2n) is 9.07. The fourth-order valence-electron chi connectivity index (χ4n) is 5.02. The van der Waals surface area contributed by atoms with Gasteiger partial charge in [-0.3, -0.25) is 4.55 Å². The molecule has 0 radical (unpaired) electrons. The maximum atomic E-state index is 11.4. The number of hydrogen-bond donors (Lipinski definition) is 3. The van der Waals surface area contributed by atoms with E-state index in [1.165, 1.54) is 12.1 Å². The first kappa shape index (κ1) is 25.4. The molecule has 6 nitrogen and oxygen atoms in total. The van der Waals surface area contributed by atoms with Crippen molar-refractivity contribution in [1.82, 2.24) is 0 Å². The van der Waals surface area contributed by atoms with E-state index >= 15 is 0 Å². The summed E-state index contributed by atoms with van der Waals surface area (Å²) < 4.78 is 32.0. The van der Waals surface area contributed by atoms with Crippen LogP contribution in [0.1, 0.15) is 74.2 Å². The van der Waals surface area contributed by atoms with Crippen molar-refractivity contribution in [2.75, 3.05) is 0 Å². The molecule has 7 heteroatoms. The number of aryl methyl sites for hydroxylation is 1. The van der Waals surface area contributed by atoms with Crippen molar-refractivity contribution in [3.05, 3.63) is 65.2 Å². The molecule has 0 amide bonds. The Kier molecular flexibility index (Phi) is 8.66. The van der Waals surface area contributed by atoms with Gasteiger partial charge in [0.2, 0.25) is 0 Å². The third-order valence-electron chi connectivity index (χ3n) is 6.79. The highest BCUT2D eigenvalue weighted by molar-refractivity contribution is 7.85. The maximum absolute atomic E-state index is 11.4. The lowest BCUT2D eigenvalue weighted by Crippen LogP contribution is -2.18. The predicted molar refractivity (Wildman–Crippen MR) is 126 cm³/mol. The van der Waals surface area contributed by atoms with Crippen molar-refractivity contribution in [2.24, 2.45) is 11.8 Å². The fraction of sp³-hybridized carbons (Fsp3) is 0.500. The minimum absolute atomic E-state index is 0.00868. The molecule has 1 fully saturated rings. The monoisotopic (exact) mass is 471 g/mol. The minimum atomic E-state index is -4.24. The number of benzene rings is 2. The second-order valence-corrected chi connectivity index (χ2v) is 10.5. The third-order valence-corrected chi connectivity index (χ3v) is 7.64. The van der Waals surface area contributed by atoms with E-state index < -0.39 is 22.3 Å². The standard InChI is InChI=1S/C26H33NO5S/c1-2-3-10-24(28)19-11-13-20(14-12-19)26-23(21(17-27)16-25(26)29)9-5-7-18-6-4-8-22(15-18)33(30,31)32/h4,6,8,11-15,21,23-26,28-29H,2-3,5,7,9-10,16H2,1H3,(H,30,31,32)/t21-,23?,24?,25+,26?/m0/s1. The quantitative estimate of drug-likeness (QED) is 0.429. The smallest absolute Gasteiger partial charge is 0.294 e. The zero-order valence-electron chi connectivity index (χ0n) is 19.0. The van der Waals surface area contributed by atoms with E-state index in [2.05, 4.69) is 13.0 Å². The van der Waals surface area contributed by atoms with Gasteiger partial charge in [0, 0.05) is 5.92 Å². The van der Waals surface area contributed by atoms with Crippen molar-refractivity contribution >= 4 is 10.1 Å². The summed E-state index contributed by atoms with van der Waals surface area (Å²) in [5.74, 6) is -0.407. The first-order valence-electron chi connectivity index (χ1n) is 11.7. The van der Waals surface area contributed by atoms with Crippen LogP contribution >= 0.6 is 0 Å². The van der Waals surface area contributed by atoms with Gasteiger partial charge in [-0.15, -0.1) is 0 Å². The van der Waals surface area contributed by atoms with Crippen LogP contribution in [0.4, 0.5) is 0 Å². The number of hydrogen-bond acceptors (Lipinski definition) is 5. The number of aliphatic hydroxyl groups is 2. The molecule has 1 aliphatic carbocycles. The summed E-state index contributed by atoms with van der Waals surface area (Å²) in [6.45, 7) is 2.09. The Bertz CT molecular complexity index is 1060. The van der Waals surface area contributed by atoms with Gasteiger partial charge in [0.05, 0.1) is 29.1 Å². The van der Waals surface area contributed by atoms with Gasteiger partial charge in [-0.2, -0.15) is 13.7 Å². The van der Waals surface area contributed by atoms with Gasteiger partial charge in [-0.05, 0) is 66.8 Å². The number of rotatable bonds is 10. The zero-order valence-corrected chi connectivity index (χ0v) is 19.8. The number of aliphatic hydroxyl groups excluding tert-OH is 2.